The van der Waals surface area contributed by atoms with E-state index < -0.39 is 41.3 Å². The molecule has 2 amide bonds. The van der Waals surface area contributed by atoms with Crippen molar-refractivity contribution in [1.82, 2.24) is 5.32 Å². The van der Waals surface area contributed by atoms with Gasteiger partial charge in [0.05, 0.1) is 29.9 Å². The molecule has 4 aliphatic carbocycles. The van der Waals surface area contributed by atoms with Gasteiger partial charge in [0.1, 0.15) is 17.7 Å². The molecule has 232 valence electrons. The number of hydrogen-bond donors (Lipinski definition) is 2. The van der Waals surface area contributed by atoms with Crippen molar-refractivity contribution >= 4 is 23.2 Å². The van der Waals surface area contributed by atoms with Crippen molar-refractivity contribution < 1.29 is 36.7 Å². The lowest BCUT2D eigenvalue weighted by Crippen LogP contribution is -2.48. The van der Waals surface area contributed by atoms with E-state index >= 15 is 0 Å². The summed E-state index contributed by atoms with van der Waals surface area (Å²) in [7, 11) is 1.48. The molecule has 2 N–H and O–H groups in total. The van der Waals surface area contributed by atoms with E-state index in [2.05, 4.69) is 21.9 Å². The Balaban J connectivity index is 1.17. The average Bonchev–Trinajstić information content (AvgIpc) is 3.27. The Morgan fingerprint density at radius 2 is 1.80 bits per heavy atom. The summed E-state index contributed by atoms with van der Waals surface area (Å²) in [6, 6.07) is 7.18. The van der Waals surface area contributed by atoms with Crippen LogP contribution in [-0.2, 0) is 15.8 Å². The molecule has 4 fully saturated rings. The van der Waals surface area contributed by atoms with E-state index in [1.54, 1.807) is 12.1 Å². The molecular formula is C33H33F4N3O4. The van der Waals surface area contributed by atoms with E-state index in [0.717, 1.165) is 67.9 Å². The number of ether oxygens (including phenoxy) is 1. The summed E-state index contributed by atoms with van der Waals surface area (Å²) in [5.74, 6) is -2.25. The number of anilines is 1. The first-order valence-electron chi connectivity index (χ1n) is 15.2. The summed E-state index contributed by atoms with van der Waals surface area (Å²) in [4.78, 5) is 33.3. The molecule has 2 unspecified atom stereocenters. The fraction of sp³-hybridized carbons (Fsp3) is 0.485. The highest BCUT2D eigenvalue weighted by Gasteiger charge is 2.55. The molecule has 7 nitrogen and oxygen atoms in total. The van der Waals surface area contributed by atoms with Crippen molar-refractivity contribution in [3.63, 3.8) is 0 Å². The minimum atomic E-state index is -4.91. The van der Waals surface area contributed by atoms with E-state index in [4.69, 9.17) is 9.57 Å². The number of rotatable bonds is 7. The number of fused-ring (bicyclic) bond motifs is 3. The Labute approximate surface area is 252 Å². The van der Waals surface area contributed by atoms with Crippen molar-refractivity contribution in [3.8, 4) is 5.75 Å². The summed E-state index contributed by atoms with van der Waals surface area (Å²) in [5.41, 5.74) is 1.43. The van der Waals surface area contributed by atoms with Gasteiger partial charge in [0.25, 0.3) is 5.91 Å². The molecule has 44 heavy (non-hydrogen) atoms. The second kappa shape index (κ2) is 10.9. The zero-order chi connectivity index (χ0) is 30.7. The van der Waals surface area contributed by atoms with Gasteiger partial charge in [0.2, 0.25) is 5.91 Å². The van der Waals surface area contributed by atoms with Crippen LogP contribution in [0.5, 0.6) is 5.75 Å². The molecule has 0 spiro atoms. The first kappa shape index (κ1) is 28.9. The SMILES string of the molecule is COc1ccc(C2=NOC3CCCC23)cc1C(=O)N[C@H]1[C@@H](C(=O)Nc2ccc(F)c(C(F)(F)F)c2)[C@H]2CC[C@@H]1/C2=C\C1CC1. The number of nitrogens with zero attached hydrogens (tertiary/aromatic N) is 1. The van der Waals surface area contributed by atoms with Gasteiger partial charge in [0, 0.05) is 29.1 Å². The number of amides is 2. The predicted octanol–water partition coefficient (Wildman–Crippen LogP) is 6.49. The van der Waals surface area contributed by atoms with Crippen molar-refractivity contribution in [3.05, 3.63) is 70.6 Å². The van der Waals surface area contributed by atoms with Crippen LogP contribution in [0, 0.1) is 35.4 Å². The number of benzene rings is 2. The van der Waals surface area contributed by atoms with Gasteiger partial charge in [-0.1, -0.05) is 16.8 Å². The average molecular weight is 612 g/mol. The van der Waals surface area contributed by atoms with Crippen LogP contribution in [0.3, 0.4) is 0 Å². The molecule has 5 aliphatic rings. The number of halogens is 4. The molecule has 4 saturated carbocycles. The Kier molecular flexibility index (Phi) is 7.16. The van der Waals surface area contributed by atoms with Crippen LogP contribution < -0.4 is 15.4 Å². The molecular weight excluding hydrogens is 578 g/mol. The van der Waals surface area contributed by atoms with Gasteiger partial charge in [-0.25, -0.2) is 4.39 Å². The van der Waals surface area contributed by atoms with Crippen LogP contribution in [0.2, 0.25) is 0 Å². The quantitative estimate of drug-likeness (QED) is 0.277. The zero-order valence-electron chi connectivity index (χ0n) is 24.1. The van der Waals surface area contributed by atoms with Crippen LogP contribution in [0.1, 0.15) is 66.4 Å². The van der Waals surface area contributed by atoms with Gasteiger partial charge in [-0.2, -0.15) is 13.2 Å². The van der Waals surface area contributed by atoms with Gasteiger partial charge >= 0.3 is 6.18 Å². The third kappa shape index (κ3) is 5.13. The molecule has 0 saturated heterocycles. The highest BCUT2D eigenvalue weighted by Crippen LogP contribution is 2.54. The highest BCUT2D eigenvalue weighted by atomic mass is 19.4. The topological polar surface area (TPSA) is 89.0 Å². The summed E-state index contributed by atoms with van der Waals surface area (Å²) in [5, 5.41) is 10.0. The largest absolute Gasteiger partial charge is 0.496 e. The van der Waals surface area contributed by atoms with E-state index in [0.29, 0.717) is 29.4 Å². The van der Waals surface area contributed by atoms with Crippen LogP contribution >= 0.6 is 0 Å². The molecule has 1 heterocycles. The summed E-state index contributed by atoms with van der Waals surface area (Å²) in [6.45, 7) is 0. The molecule has 2 aromatic rings. The van der Waals surface area contributed by atoms with Crippen LogP contribution in [0.4, 0.5) is 23.2 Å². The predicted molar refractivity (Wildman–Crippen MR) is 154 cm³/mol. The first-order chi connectivity index (χ1) is 21.1. The molecule has 0 radical (unpaired) electrons. The maximum absolute atomic E-state index is 13.9. The minimum Gasteiger partial charge on any atom is -0.496 e. The molecule has 2 aromatic carbocycles. The normalized spacial score (nSPS) is 29.8. The molecule has 6 atom stereocenters. The smallest absolute Gasteiger partial charge is 0.419 e. The van der Waals surface area contributed by atoms with Gasteiger partial charge in [-0.15, -0.1) is 0 Å². The maximum atomic E-state index is 13.9. The van der Waals surface area contributed by atoms with Crippen molar-refractivity contribution in [2.24, 2.45) is 34.7 Å². The minimum absolute atomic E-state index is 0.0580. The van der Waals surface area contributed by atoms with Crippen LogP contribution in [0.25, 0.3) is 0 Å². The maximum Gasteiger partial charge on any atom is 0.419 e. The second-order valence-electron chi connectivity index (χ2n) is 12.6. The number of oxime groups is 1. The third-order valence-corrected chi connectivity index (χ3v) is 9.92. The lowest BCUT2D eigenvalue weighted by atomic mass is 9.83. The van der Waals surface area contributed by atoms with Crippen molar-refractivity contribution in [2.45, 2.75) is 63.3 Å². The number of carbonyl (C=O) groups is 2. The molecule has 0 aromatic heterocycles. The van der Waals surface area contributed by atoms with Crippen LogP contribution in [0.15, 0.2) is 53.2 Å². The zero-order valence-corrected chi connectivity index (χ0v) is 24.1. The summed E-state index contributed by atoms with van der Waals surface area (Å²) < 4.78 is 59.5. The Hall–Kier alpha value is -3.89. The fourth-order valence-electron chi connectivity index (χ4n) is 7.70. The summed E-state index contributed by atoms with van der Waals surface area (Å²) in [6.07, 6.45) is 4.03. The number of alkyl halides is 3. The number of methoxy groups -OCH3 is 1. The molecule has 2 bridgehead atoms. The van der Waals surface area contributed by atoms with Gasteiger partial charge < -0.3 is 20.2 Å². The summed E-state index contributed by atoms with van der Waals surface area (Å²) >= 11 is 0. The van der Waals surface area contributed by atoms with Gasteiger partial charge in [0.15, 0.2) is 0 Å². The standard InChI is InChI=1S/C33H33F4N3O4/c1-43-26-12-7-17(29-21-3-2-4-27(21)44-40-29)14-23(26)31(41)39-30-20-10-9-19(22(20)13-16-5-6-16)28(30)32(42)38-18-8-11-25(34)24(15-18)33(35,36)37/h7-8,11-16,19-21,27-28,30H,2-6,9-10H2,1H3,(H,38,42)(H,39,41)/b22-13-/t19-,20+,21?,27?,28-,30+/m0/s1. The first-order valence-corrected chi connectivity index (χ1v) is 15.2. The van der Waals surface area contributed by atoms with Gasteiger partial charge in [-0.3, -0.25) is 9.59 Å². The second-order valence-corrected chi connectivity index (χ2v) is 12.6. The van der Waals surface area contributed by atoms with E-state index in [1.807, 2.05) is 6.07 Å². The van der Waals surface area contributed by atoms with Crippen LogP contribution in [-0.4, -0.2) is 36.8 Å². The fourth-order valence-corrected chi connectivity index (χ4v) is 7.70. The number of allylic oxidation sites excluding steroid dienone is 1. The number of carbonyl (C=O) groups excluding carboxylic acids is 2. The van der Waals surface area contributed by atoms with E-state index in [9.17, 15) is 27.2 Å². The van der Waals surface area contributed by atoms with Crippen molar-refractivity contribution in [2.75, 3.05) is 12.4 Å². The Bertz CT molecular complexity index is 1570. The monoisotopic (exact) mass is 611 g/mol. The van der Waals surface area contributed by atoms with E-state index in [-0.39, 0.29) is 29.5 Å². The third-order valence-electron chi connectivity index (χ3n) is 9.92. The molecule has 11 heteroatoms. The van der Waals surface area contributed by atoms with Gasteiger partial charge in [-0.05, 0) is 93.2 Å². The van der Waals surface area contributed by atoms with E-state index in [1.165, 1.54) is 7.11 Å². The highest BCUT2D eigenvalue weighted by molar-refractivity contribution is 6.06. The number of hydrogen-bond acceptors (Lipinski definition) is 5. The molecule has 7 rings (SSSR count). The lowest BCUT2D eigenvalue weighted by Gasteiger charge is -2.30. The van der Waals surface area contributed by atoms with Crippen molar-refractivity contribution in [1.29, 1.82) is 0 Å². The number of nitrogens with one attached hydrogen (secondary N) is 2. The lowest BCUT2D eigenvalue weighted by molar-refractivity contribution is -0.140. The Morgan fingerprint density at radius 1 is 1.00 bits per heavy atom. The Morgan fingerprint density at radius 3 is 2.55 bits per heavy atom. The molecule has 1 aliphatic heterocycles.